The Labute approximate surface area is 248 Å². The number of aromatic nitrogens is 3. The second-order valence-electron chi connectivity index (χ2n) is 14.8. The quantitative estimate of drug-likeness (QED) is 0.336. The first-order chi connectivity index (χ1) is 19.1. The largest absolute Gasteiger partial charge is 0.390 e. The van der Waals surface area contributed by atoms with Crippen LogP contribution in [0, 0.1) is 0 Å². The average molecular weight is 573 g/mol. The number of hydrogen-bond acceptors (Lipinski definition) is 10. The Morgan fingerprint density at radius 1 is 0.927 bits per heavy atom. The zero-order chi connectivity index (χ0) is 30.1. The van der Waals surface area contributed by atoms with Crippen molar-refractivity contribution in [3.8, 4) is 0 Å². The van der Waals surface area contributed by atoms with Gasteiger partial charge in [-0.1, -0.05) is 6.42 Å². The number of aliphatic imine (C=N–C) groups is 1. The second kappa shape index (κ2) is 12.4. The van der Waals surface area contributed by atoms with E-state index in [-0.39, 0.29) is 34.2 Å². The molecule has 3 aliphatic rings. The fourth-order valence-corrected chi connectivity index (χ4v) is 7.94. The fourth-order valence-electron chi connectivity index (χ4n) is 7.94. The Kier molecular flexibility index (Phi) is 9.68. The van der Waals surface area contributed by atoms with E-state index < -0.39 is 6.10 Å². The molecule has 4 heterocycles. The van der Waals surface area contributed by atoms with Crippen molar-refractivity contribution in [3.05, 3.63) is 6.33 Å². The molecule has 0 bridgehead atoms. The van der Waals surface area contributed by atoms with E-state index in [1.807, 2.05) is 0 Å². The molecule has 0 aliphatic carbocycles. The number of ether oxygens (including phenoxy) is 1. The van der Waals surface area contributed by atoms with Gasteiger partial charge in [0, 0.05) is 41.3 Å². The molecular formula is C31H56N8O2. The van der Waals surface area contributed by atoms with Gasteiger partial charge in [0.25, 0.3) is 0 Å². The van der Waals surface area contributed by atoms with Gasteiger partial charge >= 0.3 is 0 Å². The lowest BCUT2D eigenvalue weighted by atomic mass is 9.75. The fraction of sp³-hybridized carbons (Fsp3) is 0.871. The van der Waals surface area contributed by atoms with Gasteiger partial charge in [0.2, 0.25) is 11.9 Å². The number of aliphatic hydroxyl groups is 1. The number of piperidine rings is 2. The number of aliphatic hydroxyl groups excluding tert-OH is 1. The van der Waals surface area contributed by atoms with Crippen molar-refractivity contribution in [2.24, 2.45) is 10.7 Å². The van der Waals surface area contributed by atoms with E-state index >= 15 is 0 Å². The normalized spacial score (nSPS) is 28.3. The summed E-state index contributed by atoms with van der Waals surface area (Å²) in [5.41, 5.74) is 5.64. The van der Waals surface area contributed by atoms with Crippen LogP contribution in [0.5, 0.6) is 0 Å². The highest BCUT2D eigenvalue weighted by Crippen LogP contribution is 2.42. The molecule has 0 saturated carbocycles. The third-order valence-electron chi connectivity index (χ3n) is 9.54. The molecule has 3 aliphatic heterocycles. The zero-order valence-corrected chi connectivity index (χ0v) is 26.9. The predicted molar refractivity (Wildman–Crippen MR) is 167 cm³/mol. The van der Waals surface area contributed by atoms with Crippen molar-refractivity contribution < 1.29 is 9.84 Å². The molecule has 1 aromatic rings. The van der Waals surface area contributed by atoms with Gasteiger partial charge in [-0.15, -0.1) is 0 Å². The van der Waals surface area contributed by atoms with E-state index in [0.717, 1.165) is 76.5 Å². The standard InChI is InChI=1S/C31H56N8O2/c1-28(2)21-24(32)25(40)31(7,8)38(28)14-12-10-9-11-13-33-23-19-29(3,4)39(30(5,6)20-23)27-35-22-34-26(36-27)37-15-17-41-18-16-37/h13,22-25,40H,9-12,14-21,32H2,1-8H3. The van der Waals surface area contributed by atoms with Crippen molar-refractivity contribution in [3.63, 3.8) is 0 Å². The lowest BCUT2D eigenvalue weighted by molar-refractivity contribution is -0.115. The van der Waals surface area contributed by atoms with Crippen molar-refractivity contribution in [2.75, 3.05) is 42.6 Å². The number of anilines is 2. The third-order valence-corrected chi connectivity index (χ3v) is 9.54. The van der Waals surface area contributed by atoms with Gasteiger partial charge in [0.1, 0.15) is 6.33 Å². The molecule has 2 unspecified atom stereocenters. The molecule has 0 spiro atoms. The van der Waals surface area contributed by atoms with Gasteiger partial charge in [0.15, 0.2) is 0 Å². The molecule has 3 saturated heterocycles. The van der Waals surface area contributed by atoms with Gasteiger partial charge in [-0.05, 0) is 107 Å². The van der Waals surface area contributed by atoms with Crippen LogP contribution in [0.25, 0.3) is 0 Å². The molecule has 232 valence electrons. The zero-order valence-electron chi connectivity index (χ0n) is 26.9. The molecule has 3 fully saturated rings. The minimum absolute atomic E-state index is 0.0105. The third kappa shape index (κ3) is 7.20. The Morgan fingerprint density at radius 2 is 1.56 bits per heavy atom. The van der Waals surface area contributed by atoms with E-state index in [4.69, 9.17) is 20.4 Å². The van der Waals surface area contributed by atoms with Crippen LogP contribution >= 0.6 is 0 Å². The van der Waals surface area contributed by atoms with Crippen LogP contribution in [0.15, 0.2) is 11.3 Å². The summed E-state index contributed by atoms with van der Waals surface area (Å²) in [5.74, 6) is 1.48. The number of hydrogen-bond donors (Lipinski definition) is 2. The first kappa shape index (κ1) is 32.0. The summed E-state index contributed by atoms with van der Waals surface area (Å²) in [5, 5.41) is 10.7. The second-order valence-corrected chi connectivity index (χ2v) is 14.8. The SMILES string of the molecule is CC1(C)CC(N=CCCCCCN2C(C)(C)CC(N)C(O)C2(C)C)CC(C)(C)N1c1ncnc(N2CCOCC2)n1. The van der Waals surface area contributed by atoms with Crippen molar-refractivity contribution >= 4 is 18.1 Å². The van der Waals surface area contributed by atoms with E-state index in [1.165, 1.54) is 0 Å². The highest BCUT2D eigenvalue weighted by atomic mass is 16.5. The molecule has 0 amide bonds. The highest BCUT2D eigenvalue weighted by molar-refractivity contribution is 5.57. The molecule has 4 rings (SSSR count). The van der Waals surface area contributed by atoms with Gasteiger partial charge in [-0.2, -0.15) is 4.98 Å². The highest BCUT2D eigenvalue weighted by Gasteiger charge is 2.50. The minimum Gasteiger partial charge on any atom is -0.390 e. The summed E-state index contributed by atoms with van der Waals surface area (Å²) in [6.07, 6.45) is 10.4. The lowest BCUT2D eigenvalue weighted by Gasteiger charge is -2.57. The van der Waals surface area contributed by atoms with E-state index in [0.29, 0.717) is 13.2 Å². The Hall–Kier alpha value is -1.88. The average Bonchev–Trinajstić information content (AvgIpc) is 2.87. The van der Waals surface area contributed by atoms with Gasteiger partial charge in [-0.25, -0.2) is 9.97 Å². The monoisotopic (exact) mass is 572 g/mol. The predicted octanol–water partition coefficient (Wildman–Crippen LogP) is 3.82. The summed E-state index contributed by atoms with van der Waals surface area (Å²) in [6.45, 7) is 21.9. The van der Waals surface area contributed by atoms with Crippen LogP contribution in [0.4, 0.5) is 11.9 Å². The maximum Gasteiger partial charge on any atom is 0.231 e. The Bertz CT molecular complexity index is 1020. The molecule has 0 radical (unpaired) electrons. The summed E-state index contributed by atoms with van der Waals surface area (Å²) >= 11 is 0. The van der Waals surface area contributed by atoms with E-state index in [1.54, 1.807) is 6.33 Å². The number of likely N-dealkylation sites (tertiary alicyclic amines) is 1. The van der Waals surface area contributed by atoms with Gasteiger partial charge in [-0.3, -0.25) is 9.89 Å². The van der Waals surface area contributed by atoms with Gasteiger partial charge < -0.3 is 25.4 Å². The number of unbranched alkanes of at least 4 members (excludes halogenated alkanes) is 3. The van der Waals surface area contributed by atoms with Crippen LogP contribution in [0.3, 0.4) is 0 Å². The van der Waals surface area contributed by atoms with Crippen molar-refractivity contribution in [1.29, 1.82) is 0 Å². The van der Waals surface area contributed by atoms with Crippen LogP contribution in [0.2, 0.25) is 0 Å². The van der Waals surface area contributed by atoms with Gasteiger partial charge in [0.05, 0.1) is 25.4 Å². The lowest BCUT2D eigenvalue weighted by Crippen LogP contribution is -2.70. The van der Waals surface area contributed by atoms with Crippen LogP contribution in [-0.2, 0) is 4.74 Å². The first-order valence-corrected chi connectivity index (χ1v) is 15.7. The molecule has 0 aromatic carbocycles. The molecule has 3 N–H and O–H groups in total. The topological polar surface area (TPSA) is 116 Å². The van der Waals surface area contributed by atoms with Crippen molar-refractivity contribution in [1.82, 2.24) is 19.9 Å². The molecule has 1 aromatic heterocycles. The van der Waals surface area contributed by atoms with E-state index in [9.17, 15) is 5.11 Å². The maximum absolute atomic E-state index is 10.7. The number of rotatable bonds is 9. The van der Waals surface area contributed by atoms with E-state index in [2.05, 4.69) is 86.3 Å². The number of morpholine rings is 1. The number of nitrogens with two attached hydrogens (primary N) is 1. The molecule has 2 atom stereocenters. The van der Waals surface area contributed by atoms with Crippen LogP contribution in [-0.4, -0.2) is 104 Å². The van der Waals surface area contributed by atoms with Crippen LogP contribution < -0.4 is 15.5 Å². The minimum atomic E-state index is -0.500. The summed E-state index contributed by atoms with van der Waals surface area (Å²) in [6, 6.07) is 0.108. The first-order valence-electron chi connectivity index (χ1n) is 15.7. The molecular weight excluding hydrogens is 516 g/mol. The smallest absolute Gasteiger partial charge is 0.231 e. The summed E-state index contributed by atoms with van der Waals surface area (Å²) < 4.78 is 5.50. The molecule has 10 heteroatoms. The summed E-state index contributed by atoms with van der Waals surface area (Å²) in [7, 11) is 0. The van der Waals surface area contributed by atoms with Crippen molar-refractivity contribution in [2.45, 2.75) is 141 Å². The Morgan fingerprint density at radius 3 is 2.22 bits per heavy atom. The van der Waals surface area contributed by atoms with Crippen LogP contribution in [0.1, 0.15) is 100 Å². The molecule has 10 nitrogen and oxygen atoms in total. The number of nitrogens with zero attached hydrogens (tertiary/aromatic N) is 7. The Balaban J connectivity index is 1.28. The maximum atomic E-state index is 10.7. The summed E-state index contributed by atoms with van der Waals surface area (Å²) in [4.78, 5) is 26.1. The molecule has 41 heavy (non-hydrogen) atoms.